The molecule has 3 rings (SSSR count). The molecule has 0 saturated heterocycles. The van der Waals surface area contributed by atoms with Crippen LogP contribution in [-0.2, 0) is 18.4 Å². The van der Waals surface area contributed by atoms with Crippen molar-refractivity contribution in [1.82, 2.24) is 14.8 Å². The van der Waals surface area contributed by atoms with Gasteiger partial charge in [-0.2, -0.15) is 0 Å². The third kappa shape index (κ3) is 5.60. The van der Waals surface area contributed by atoms with Gasteiger partial charge in [-0.15, -0.1) is 10.2 Å². The minimum atomic E-state index is -0.225. The lowest BCUT2D eigenvalue weighted by Gasteiger charge is -2.10. The molecule has 0 radical (unpaired) electrons. The summed E-state index contributed by atoms with van der Waals surface area (Å²) < 4.78 is 7.63. The number of nitrogens with one attached hydrogen (secondary N) is 1. The van der Waals surface area contributed by atoms with Crippen molar-refractivity contribution in [2.75, 3.05) is 11.1 Å². The number of thioether (sulfide) groups is 1. The van der Waals surface area contributed by atoms with Gasteiger partial charge in [0.25, 0.3) is 0 Å². The van der Waals surface area contributed by atoms with E-state index in [0.717, 1.165) is 16.1 Å². The third-order valence-electron chi connectivity index (χ3n) is 4.24. The second-order valence-electron chi connectivity index (χ2n) is 6.58. The summed E-state index contributed by atoms with van der Waals surface area (Å²) in [5, 5.41) is 13.3. The van der Waals surface area contributed by atoms with Gasteiger partial charge in [0.05, 0.1) is 16.5 Å². The van der Waals surface area contributed by atoms with E-state index < -0.39 is 0 Å². The number of aryl methyl sites for hydroxylation is 2. The zero-order valence-corrected chi connectivity index (χ0v) is 19.6. The Kier molecular flexibility index (Phi) is 7.52. The number of carbonyl (C=O) groups is 1. The van der Waals surface area contributed by atoms with Crippen molar-refractivity contribution in [3.63, 3.8) is 0 Å². The normalized spacial score (nSPS) is 10.9. The van der Waals surface area contributed by atoms with Gasteiger partial charge in [-0.05, 0) is 55.3 Å². The first-order valence-corrected chi connectivity index (χ1v) is 11.0. The summed E-state index contributed by atoms with van der Waals surface area (Å²) in [4.78, 5) is 12.2. The molecule has 0 aliphatic carbocycles. The molecule has 158 valence electrons. The van der Waals surface area contributed by atoms with E-state index in [-0.39, 0.29) is 18.3 Å². The molecule has 1 heterocycles. The number of aromatic nitrogens is 3. The molecule has 1 amide bonds. The Morgan fingerprint density at radius 3 is 2.53 bits per heavy atom. The molecule has 0 atom stereocenters. The Bertz CT molecular complexity index is 1060. The van der Waals surface area contributed by atoms with E-state index in [0.29, 0.717) is 32.5 Å². The monoisotopic (exact) mass is 484 g/mol. The van der Waals surface area contributed by atoms with E-state index >= 15 is 0 Å². The molecule has 0 aliphatic rings. The minimum absolute atomic E-state index is 0.144. The number of amides is 1. The molecule has 1 aromatic heterocycles. The Labute approximate surface area is 193 Å². The topological polar surface area (TPSA) is 69.0 Å². The molecule has 0 spiro atoms. The predicted octanol–water partition coefficient (Wildman–Crippen LogP) is 5.70. The quantitative estimate of drug-likeness (QED) is 0.435. The zero-order valence-electron chi connectivity index (χ0n) is 16.5. The van der Waals surface area contributed by atoms with E-state index in [1.807, 2.05) is 33.0 Å². The second kappa shape index (κ2) is 9.92. The van der Waals surface area contributed by atoms with Crippen molar-refractivity contribution in [1.29, 1.82) is 0 Å². The van der Waals surface area contributed by atoms with Crippen molar-refractivity contribution in [2.24, 2.45) is 7.05 Å². The van der Waals surface area contributed by atoms with Crippen LogP contribution in [0, 0.1) is 13.8 Å². The summed E-state index contributed by atoms with van der Waals surface area (Å²) >= 11 is 19.5. The zero-order chi connectivity index (χ0) is 21.8. The first-order chi connectivity index (χ1) is 14.2. The number of ether oxygens (including phenoxy) is 1. The highest BCUT2D eigenvalue weighted by atomic mass is 35.5. The fourth-order valence-electron chi connectivity index (χ4n) is 2.64. The lowest BCUT2D eigenvalue weighted by Crippen LogP contribution is -2.15. The van der Waals surface area contributed by atoms with Crippen LogP contribution in [0.4, 0.5) is 5.69 Å². The van der Waals surface area contributed by atoms with Crippen molar-refractivity contribution in [3.8, 4) is 5.75 Å². The van der Waals surface area contributed by atoms with E-state index in [1.54, 1.807) is 22.8 Å². The standard InChI is InChI=1S/C20H19Cl3N4O2S/c1-11-6-14(7-12(2)19(11)23)29-9-17-25-26-20(27(17)3)30-10-18(28)24-16-8-13(21)4-5-15(16)22/h4-8H,9-10H2,1-3H3,(H,24,28). The summed E-state index contributed by atoms with van der Waals surface area (Å²) in [5.41, 5.74) is 2.37. The average Bonchev–Trinajstić information content (AvgIpc) is 3.05. The number of halogens is 3. The molecule has 10 heteroatoms. The number of nitrogens with zero attached hydrogens (tertiary/aromatic N) is 3. The lowest BCUT2D eigenvalue weighted by molar-refractivity contribution is -0.113. The number of benzene rings is 2. The molecule has 0 bridgehead atoms. The van der Waals surface area contributed by atoms with Crippen LogP contribution in [0.2, 0.25) is 15.1 Å². The first kappa shape index (κ1) is 22.7. The van der Waals surface area contributed by atoms with Gasteiger partial charge in [-0.25, -0.2) is 0 Å². The highest BCUT2D eigenvalue weighted by Gasteiger charge is 2.14. The summed E-state index contributed by atoms with van der Waals surface area (Å²) in [7, 11) is 1.82. The highest BCUT2D eigenvalue weighted by Crippen LogP contribution is 2.27. The number of rotatable bonds is 7. The molecule has 2 aromatic carbocycles. The minimum Gasteiger partial charge on any atom is -0.486 e. The Morgan fingerprint density at radius 2 is 1.83 bits per heavy atom. The van der Waals surface area contributed by atoms with Gasteiger partial charge in [0.1, 0.15) is 12.4 Å². The molecule has 0 unspecified atom stereocenters. The summed E-state index contributed by atoms with van der Waals surface area (Å²) in [5.74, 6) is 1.27. The molecular formula is C20H19Cl3N4O2S. The lowest BCUT2D eigenvalue weighted by atomic mass is 10.1. The van der Waals surface area contributed by atoms with Gasteiger partial charge in [0.15, 0.2) is 11.0 Å². The molecular weight excluding hydrogens is 467 g/mol. The fraction of sp³-hybridized carbons (Fsp3) is 0.250. The van der Waals surface area contributed by atoms with Crippen LogP contribution in [-0.4, -0.2) is 26.4 Å². The maximum atomic E-state index is 12.2. The van der Waals surface area contributed by atoms with Gasteiger partial charge >= 0.3 is 0 Å². The summed E-state index contributed by atoms with van der Waals surface area (Å²) in [6.07, 6.45) is 0. The van der Waals surface area contributed by atoms with E-state index in [1.165, 1.54) is 11.8 Å². The maximum absolute atomic E-state index is 12.2. The molecule has 0 fully saturated rings. The largest absolute Gasteiger partial charge is 0.486 e. The van der Waals surface area contributed by atoms with Crippen LogP contribution >= 0.6 is 46.6 Å². The molecule has 0 saturated carbocycles. The highest BCUT2D eigenvalue weighted by molar-refractivity contribution is 7.99. The van der Waals surface area contributed by atoms with Crippen LogP contribution < -0.4 is 10.1 Å². The maximum Gasteiger partial charge on any atom is 0.234 e. The van der Waals surface area contributed by atoms with Gasteiger partial charge in [-0.3, -0.25) is 4.79 Å². The number of carbonyl (C=O) groups excluding carboxylic acids is 1. The molecule has 0 aliphatic heterocycles. The summed E-state index contributed by atoms with van der Waals surface area (Å²) in [6, 6.07) is 8.65. The van der Waals surface area contributed by atoms with Crippen molar-refractivity contribution < 1.29 is 9.53 Å². The van der Waals surface area contributed by atoms with E-state index in [9.17, 15) is 4.79 Å². The van der Waals surface area contributed by atoms with Gasteiger partial charge < -0.3 is 14.6 Å². The van der Waals surface area contributed by atoms with Crippen LogP contribution in [0.5, 0.6) is 5.75 Å². The molecule has 30 heavy (non-hydrogen) atoms. The number of anilines is 1. The predicted molar refractivity (Wildman–Crippen MR) is 122 cm³/mol. The Balaban J connectivity index is 1.57. The smallest absolute Gasteiger partial charge is 0.234 e. The Hall–Kier alpha value is -1.93. The van der Waals surface area contributed by atoms with Crippen molar-refractivity contribution in [2.45, 2.75) is 25.6 Å². The molecule has 1 N–H and O–H groups in total. The van der Waals surface area contributed by atoms with Crippen molar-refractivity contribution >= 4 is 58.2 Å². The van der Waals surface area contributed by atoms with Gasteiger partial charge in [0, 0.05) is 17.1 Å². The number of hydrogen-bond donors (Lipinski definition) is 1. The van der Waals surface area contributed by atoms with Crippen molar-refractivity contribution in [3.05, 3.63) is 62.4 Å². The average molecular weight is 486 g/mol. The van der Waals surface area contributed by atoms with Crippen LogP contribution in [0.1, 0.15) is 17.0 Å². The van der Waals surface area contributed by atoms with Crippen LogP contribution in [0.25, 0.3) is 0 Å². The van der Waals surface area contributed by atoms with E-state index in [4.69, 9.17) is 39.5 Å². The molecule has 3 aromatic rings. The fourth-order valence-corrected chi connectivity index (χ4v) is 3.82. The van der Waals surface area contributed by atoms with E-state index in [2.05, 4.69) is 15.5 Å². The Morgan fingerprint density at radius 1 is 1.13 bits per heavy atom. The van der Waals surface area contributed by atoms with Gasteiger partial charge in [-0.1, -0.05) is 46.6 Å². The number of hydrogen-bond acceptors (Lipinski definition) is 5. The third-order valence-corrected chi connectivity index (χ3v) is 6.42. The van der Waals surface area contributed by atoms with Gasteiger partial charge in [0.2, 0.25) is 5.91 Å². The SMILES string of the molecule is Cc1cc(OCc2nnc(SCC(=O)Nc3cc(Cl)ccc3Cl)n2C)cc(C)c1Cl. The second-order valence-corrected chi connectivity index (χ2v) is 8.74. The molecule has 6 nitrogen and oxygen atoms in total. The summed E-state index contributed by atoms with van der Waals surface area (Å²) in [6.45, 7) is 4.11. The van der Waals surface area contributed by atoms with Crippen LogP contribution in [0.3, 0.4) is 0 Å². The first-order valence-electron chi connectivity index (χ1n) is 8.90. The van der Waals surface area contributed by atoms with Crippen LogP contribution in [0.15, 0.2) is 35.5 Å².